The van der Waals surface area contributed by atoms with E-state index in [1.807, 2.05) is 12.1 Å². The molecule has 18 heavy (non-hydrogen) atoms. The van der Waals surface area contributed by atoms with Gasteiger partial charge in [0, 0.05) is 5.69 Å². The van der Waals surface area contributed by atoms with Gasteiger partial charge in [-0.2, -0.15) is 0 Å². The Balaban J connectivity index is 1.91. The fourth-order valence-electron chi connectivity index (χ4n) is 2.61. The molecule has 0 amide bonds. The molecule has 2 nitrogen and oxygen atoms in total. The predicted octanol–water partition coefficient (Wildman–Crippen LogP) is 3.71. The van der Waals surface area contributed by atoms with Crippen LogP contribution in [0.5, 0.6) is 5.75 Å². The summed E-state index contributed by atoms with van der Waals surface area (Å²) in [6, 6.07) is 15.1. The van der Waals surface area contributed by atoms with Gasteiger partial charge >= 0.3 is 0 Å². The minimum atomic E-state index is 0.358. The van der Waals surface area contributed by atoms with Gasteiger partial charge < -0.3 is 10.1 Å². The lowest BCUT2D eigenvalue weighted by Gasteiger charge is -2.12. The normalized spacial score (nSPS) is 17.1. The first-order valence-electron chi connectivity index (χ1n) is 6.27. The summed E-state index contributed by atoms with van der Waals surface area (Å²) in [6.07, 6.45) is 1.05. The van der Waals surface area contributed by atoms with Crippen LogP contribution in [0.25, 0.3) is 0 Å². The van der Waals surface area contributed by atoms with Crippen molar-refractivity contribution < 1.29 is 4.74 Å². The number of fused-ring (bicyclic) bond motifs is 1. The SMILES string of the molecule is COc1cccc(C2Cc3c(C)cccc3N2)c1. The molecule has 1 atom stereocenters. The summed E-state index contributed by atoms with van der Waals surface area (Å²) in [6.45, 7) is 2.18. The molecule has 1 aliphatic heterocycles. The molecule has 0 saturated heterocycles. The Morgan fingerprint density at radius 2 is 2.00 bits per heavy atom. The van der Waals surface area contributed by atoms with E-state index in [1.54, 1.807) is 7.11 Å². The van der Waals surface area contributed by atoms with Crippen LogP contribution >= 0.6 is 0 Å². The number of ether oxygens (including phenoxy) is 1. The van der Waals surface area contributed by atoms with Gasteiger partial charge in [-0.05, 0) is 48.2 Å². The van der Waals surface area contributed by atoms with Crippen molar-refractivity contribution in [3.8, 4) is 5.75 Å². The van der Waals surface area contributed by atoms with Crippen LogP contribution < -0.4 is 10.1 Å². The third kappa shape index (κ3) is 1.84. The Morgan fingerprint density at radius 3 is 2.78 bits per heavy atom. The number of anilines is 1. The summed E-state index contributed by atoms with van der Waals surface area (Å²) >= 11 is 0. The number of hydrogen-bond acceptors (Lipinski definition) is 2. The predicted molar refractivity (Wildman–Crippen MR) is 74.2 cm³/mol. The maximum absolute atomic E-state index is 5.29. The Hall–Kier alpha value is -1.96. The molecule has 2 heteroatoms. The molecular weight excluding hydrogens is 222 g/mol. The van der Waals surface area contributed by atoms with E-state index >= 15 is 0 Å². The second-order valence-corrected chi connectivity index (χ2v) is 4.78. The average molecular weight is 239 g/mol. The summed E-state index contributed by atoms with van der Waals surface area (Å²) in [4.78, 5) is 0. The zero-order valence-corrected chi connectivity index (χ0v) is 10.7. The largest absolute Gasteiger partial charge is 0.497 e. The van der Waals surface area contributed by atoms with Gasteiger partial charge in [0.05, 0.1) is 13.2 Å². The van der Waals surface area contributed by atoms with E-state index in [-0.39, 0.29) is 0 Å². The second kappa shape index (κ2) is 4.37. The van der Waals surface area contributed by atoms with Crippen molar-refractivity contribution in [2.45, 2.75) is 19.4 Å². The fourth-order valence-corrected chi connectivity index (χ4v) is 2.61. The van der Waals surface area contributed by atoms with Crippen molar-refractivity contribution >= 4 is 5.69 Å². The first-order valence-corrected chi connectivity index (χ1v) is 6.27. The molecule has 2 aromatic rings. The third-order valence-electron chi connectivity index (χ3n) is 3.64. The molecule has 0 aliphatic carbocycles. The zero-order valence-electron chi connectivity index (χ0n) is 10.7. The number of nitrogens with one attached hydrogen (secondary N) is 1. The minimum Gasteiger partial charge on any atom is -0.497 e. The van der Waals surface area contributed by atoms with Crippen LogP contribution in [0.4, 0.5) is 5.69 Å². The summed E-state index contributed by atoms with van der Waals surface area (Å²) in [5.74, 6) is 0.918. The van der Waals surface area contributed by atoms with E-state index in [0.717, 1.165) is 12.2 Å². The van der Waals surface area contributed by atoms with E-state index in [4.69, 9.17) is 4.74 Å². The summed E-state index contributed by atoms with van der Waals surface area (Å²) < 4.78 is 5.29. The van der Waals surface area contributed by atoms with Crippen molar-refractivity contribution in [1.82, 2.24) is 0 Å². The van der Waals surface area contributed by atoms with Crippen LogP contribution in [0.1, 0.15) is 22.7 Å². The van der Waals surface area contributed by atoms with Crippen LogP contribution in [0.2, 0.25) is 0 Å². The van der Waals surface area contributed by atoms with E-state index < -0.39 is 0 Å². The van der Waals surface area contributed by atoms with Gasteiger partial charge in [-0.3, -0.25) is 0 Å². The lowest BCUT2D eigenvalue weighted by molar-refractivity contribution is 0.414. The fraction of sp³-hybridized carbons (Fsp3) is 0.250. The zero-order chi connectivity index (χ0) is 12.5. The van der Waals surface area contributed by atoms with Gasteiger partial charge in [0.2, 0.25) is 0 Å². The summed E-state index contributed by atoms with van der Waals surface area (Å²) in [5, 5.41) is 3.59. The lowest BCUT2D eigenvalue weighted by Crippen LogP contribution is -2.05. The topological polar surface area (TPSA) is 21.3 Å². The average Bonchev–Trinajstić information content (AvgIpc) is 2.84. The van der Waals surface area contributed by atoms with Crippen LogP contribution in [0.3, 0.4) is 0 Å². The van der Waals surface area contributed by atoms with E-state index in [0.29, 0.717) is 6.04 Å². The van der Waals surface area contributed by atoms with Gasteiger partial charge in [-0.15, -0.1) is 0 Å². The van der Waals surface area contributed by atoms with Crippen molar-refractivity contribution in [2.24, 2.45) is 0 Å². The highest BCUT2D eigenvalue weighted by Crippen LogP contribution is 2.36. The Kier molecular flexibility index (Phi) is 2.71. The maximum Gasteiger partial charge on any atom is 0.119 e. The Morgan fingerprint density at radius 1 is 1.17 bits per heavy atom. The van der Waals surface area contributed by atoms with Crippen molar-refractivity contribution in [1.29, 1.82) is 0 Å². The van der Waals surface area contributed by atoms with Crippen molar-refractivity contribution in [2.75, 3.05) is 12.4 Å². The molecule has 0 aromatic heterocycles. The first-order chi connectivity index (χ1) is 8.78. The molecule has 92 valence electrons. The molecule has 1 N–H and O–H groups in total. The molecule has 0 spiro atoms. The van der Waals surface area contributed by atoms with Gasteiger partial charge in [0.15, 0.2) is 0 Å². The van der Waals surface area contributed by atoms with Gasteiger partial charge in [0.25, 0.3) is 0 Å². The maximum atomic E-state index is 5.29. The van der Waals surface area contributed by atoms with E-state index in [9.17, 15) is 0 Å². The molecular formula is C16H17NO. The molecule has 2 aromatic carbocycles. The monoisotopic (exact) mass is 239 g/mol. The van der Waals surface area contributed by atoms with Crippen molar-refractivity contribution in [3.63, 3.8) is 0 Å². The standard InChI is InChI=1S/C16H17NO/c1-11-5-3-8-15-14(11)10-16(17-15)12-6-4-7-13(9-12)18-2/h3-9,16-17H,10H2,1-2H3. The summed E-state index contributed by atoms with van der Waals surface area (Å²) in [5.41, 5.74) is 5.35. The Bertz CT molecular complexity index is 577. The van der Waals surface area contributed by atoms with E-state index in [2.05, 4.69) is 42.6 Å². The van der Waals surface area contributed by atoms with Gasteiger partial charge in [-0.25, -0.2) is 0 Å². The molecule has 1 heterocycles. The highest BCUT2D eigenvalue weighted by molar-refractivity contribution is 5.61. The Labute approximate surface area is 108 Å². The molecule has 1 unspecified atom stereocenters. The number of aryl methyl sites for hydroxylation is 1. The molecule has 0 bridgehead atoms. The molecule has 0 radical (unpaired) electrons. The number of methoxy groups -OCH3 is 1. The first kappa shape index (κ1) is 11.1. The quantitative estimate of drug-likeness (QED) is 0.862. The van der Waals surface area contributed by atoms with Crippen molar-refractivity contribution in [3.05, 3.63) is 59.2 Å². The minimum absolute atomic E-state index is 0.358. The van der Waals surface area contributed by atoms with Crippen LogP contribution in [-0.2, 0) is 6.42 Å². The molecule has 3 rings (SSSR count). The van der Waals surface area contributed by atoms with Crippen LogP contribution in [0, 0.1) is 6.92 Å². The lowest BCUT2D eigenvalue weighted by atomic mass is 10.00. The molecule has 0 fully saturated rings. The van der Waals surface area contributed by atoms with Crippen LogP contribution in [-0.4, -0.2) is 7.11 Å². The van der Waals surface area contributed by atoms with Gasteiger partial charge in [-0.1, -0.05) is 24.3 Å². The molecule has 1 aliphatic rings. The van der Waals surface area contributed by atoms with Gasteiger partial charge in [0.1, 0.15) is 5.75 Å². The number of benzene rings is 2. The number of rotatable bonds is 2. The smallest absolute Gasteiger partial charge is 0.119 e. The number of hydrogen-bond donors (Lipinski definition) is 1. The third-order valence-corrected chi connectivity index (χ3v) is 3.64. The second-order valence-electron chi connectivity index (χ2n) is 4.78. The molecule has 0 saturated carbocycles. The van der Waals surface area contributed by atoms with Crippen LogP contribution in [0.15, 0.2) is 42.5 Å². The summed E-state index contributed by atoms with van der Waals surface area (Å²) in [7, 11) is 1.71. The highest BCUT2D eigenvalue weighted by Gasteiger charge is 2.23. The highest BCUT2D eigenvalue weighted by atomic mass is 16.5. The van der Waals surface area contributed by atoms with E-state index in [1.165, 1.54) is 22.4 Å².